The Balaban J connectivity index is 0.00000484. The molecule has 23 heavy (non-hydrogen) atoms. The molecule has 1 rings (SSSR count). The van der Waals surface area contributed by atoms with Gasteiger partial charge >= 0.3 is 35.5 Å². The van der Waals surface area contributed by atoms with Crippen LogP contribution in [0.15, 0.2) is 18.2 Å². The van der Waals surface area contributed by atoms with E-state index in [2.05, 4.69) is 5.32 Å². The van der Waals surface area contributed by atoms with E-state index >= 15 is 0 Å². The Hall–Kier alpha value is -0.110. The molecule has 9 heteroatoms. The molecule has 1 aromatic rings. The molecule has 1 aromatic carbocycles. The van der Waals surface area contributed by atoms with E-state index in [-0.39, 0.29) is 34.6 Å². The normalized spacial score (nSPS) is 12.7. The Morgan fingerprint density at radius 2 is 2.04 bits per heavy atom. The van der Waals surface area contributed by atoms with Crippen molar-refractivity contribution in [3.05, 3.63) is 28.2 Å². The Kier molecular flexibility index (Phi) is 11.4. The van der Waals surface area contributed by atoms with Gasteiger partial charge in [0.25, 0.3) is 5.91 Å². The van der Waals surface area contributed by atoms with Crippen molar-refractivity contribution >= 4 is 76.4 Å². The molecule has 1 amide bonds. The van der Waals surface area contributed by atoms with E-state index < -0.39 is 24.0 Å². The van der Waals surface area contributed by atoms with Gasteiger partial charge in [0, 0.05) is 5.02 Å². The molecule has 0 aliphatic carbocycles. The monoisotopic (exact) mass is 389 g/mol. The van der Waals surface area contributed by atoms with Crippen LogP contribution in [0.2, 0.25) is 10.0 Å². The van der Waals surface area contributed by atoms with Gasteiger partial charge in [0.1, 0.15) is 11.8 Å². The number of ether oxygens (including phenoxy) is 1. The number of carboxylic acids is 1. The Bertz CT molecular complexity index is 548. The van der Waals surface area contributed by atoms with Gasteiger partial charge in [0.05, 0.1) is 5.02 Å². The zero-order valence-electron chi connectivity index (χ0n) is 12.1. The number of nitrogens with one attached hydrogen (secondary N) is 1. The van der Waals surface area contributed by atoms with Crippen LogP contribution < -0.4 is 10.1 Å². The second-order valence-corrected chi connectivity index (χ2v) is 6.34. The summed E-state index contributed by atoms with van der Waals surface area (Å²) in [6.07, 6.45) is 1.33. The van der Waals surface area contributed by atoms with Crippen molar-refractivity contribution in [3.8, 4) is 5.75 Å². The van der Waals surface area contributed by atoms with Crippen LogP contribution >= 0.6 is 35.0 Å². The van der Waals surface area contributed by atoms with Crippen LogP contribution in [0.1, 0.15) is 13.3 Å². The number of carbonyl (C=O) groups is 2. The number of thioether (sulfide) groups is 1. The first-order valence-corrected chi connectivity index (χ1v) is 8.64. The zero-order valence-corrected chi connectivity index (χ0v) is 14.5. The number of carboxylic acid groups (broad SMARTS) is 1. The third kappa shape index (κ3) is 8.01. The van der Waals surface area contributed by atoms with Crippen molar-refractivity contribution in [2.24, 2.45) is 0 Å². The first-order valence-electron chi connectivity index (χ1n) is 6.49. The van der Waals surface area contributed by atoms with Gasteiger partial charge in [0.15, 0.2) is 6.10 Å². The van der Waals surface area contributed by atoms with Crippen LogP contribution in [0, 0.1) is 0 Å². The number of carbonyl (C=O) groups excluding carboxylic acids is 1. The quantitative estimate of drug-likeness (QED) is 0.667. The molecule has 0 aromatic heterocycles. The number of benzene rings is 1. The molecule has 124 valence electrons. The molecule has 0 aliphatic heterocycles. The predicted octanol–water partition coefficient (Wildman–Crippen LogP) is 2.43. The molecule has 0 heterocycles. The SMILES string of the molecule is CSCC[C@H](NC(=O)C(C)Oc1ccc(Cl)cc1Cl)C(=O)O.[NaH]. The minimum absolute atomic E-state index is 0. The molecule has 5 nitrogen and oxygen atoms in total. The summed E-state index contributed by atoms with van der Waals surface area (Å²) in [5, 5.41) is 12.3. The van der Waals surface area contributed by atoms with E-state index in [1.165, 1.54) is 24.8 Å². The fraction of sp³-hybridized carbons (Fsp3) is 0.429. The zero-order chi connectivity index (χ0) is 16.7. The summed E-state index contributed by atoms with van der Waals surface area (Å²) >= 11 is 13.3. The first-order chi connectivity index (χ1) is 10.3. The standard InChI is InChI=1S/C14H17Cl2NO4S.Na.H/c1-8(21-12-4-3-9(15)7-10(12)16)13(18)17-11(14(19)20)5-6-22-2;;/h3-4,7-8,11H,5-6H2,1-2H3,(H,17,18)(H,19,20);;/t8?,11-;;/m0../s1. The molecule has 0 spiro atoms. The van der Waals surface area contributed by atoms with Gasteiger partial charge in [-0.3, -0.25) is 4.79 Å². The summed E-state index contributed by atoms with van der Waals surface area (Å²) in [6, 6.07) is 3.70. The first kappa shape index (κ1) is 22.9. The molecular formula is C14H18Cl2NNaO4S. The number of aliphatic carboxylic acids is 1. The number of hydrogen-bond acceptors (Lipinski definition) is 4. The molecule has 0 bridgehead atoms. The fourth-order valence-electron chi connectivity index (χ4n) is 1.60. The predicted molar refractivity (Wildman–Crippen MR) is 96.3 cm³/mol. The summed E-state index contributed by atoms with van der Waals surface area (Å²) in [4.78, 5) is 23.1. The van der Waals surface area contributed by atoms with E-state index in [0.717, 1.165) is 0 Å². The molecule has 0 saturated carbocycles. The van der Waals surface area contributed by atoms with E-state index in [1.54, 1.807) is 12.1 Å². The van der Waals surface area contributed by atoms with Crippen LogP contribution in [0.5, 0.6) is 5.75 Å². The van der Waals surface area contributed by atoms with Gasteiger partial charge in [-0.15, -0.1) is 0 Å². The minimum atomic E-state index is -1.07. The number of hydrogen-bond donors (Lipinski definition) is 2. The number of halogens is 2. The average molecular weight is 390 g/mol. The molecule has 0 aliphatic rings. The fourth-order valence-corrected chi connectivity index (χ4v) is 2.52. The van der Waals surface area contributed by atoms with Crippen molar-refractivity contribution in [2.75, 3.05) is 12.0 Å². The Morgan fingerprint density at radius 1 is 1.39 bits per heavy atom. The topological polar surface area (TPSA) is 75.6 Å². The van der Waals surface area contributed by atoms with Crippen LogP contribution in [0.4, 0.5) is 0 Å². The van der Waals surface area contributed by atoms with Gasteiger partial charge < -0.3 is 15.2 Å². The summed E-state index contributed by atoms with van der Waals surface area (Å²) in [5.74, 6) is -0.640. The molecule has 0 saturated heterocycles. The number of rotatable bonds is 8. The van der Waals surface area contributed by atoms with E-state index in [9.17, 15) is 9.59 Å². The molecule has 2 atom stereocenters. The van der Waals surface area contributed by atoms with E-state index in [0.29, 0.717) is 22.9 Å². The average Bonchev–Trinajstić information content (AvgIpc) is 2.45. The molecule has 0 fully saturated rings. The van der Waals surface area contributed by atoms with Gasteiger partial charge in [-0.25, -0.2) is 4.79 Å². The van der Waals surface area contributed by atoms with Crippen molar-refractivity contribution < 1.29 is 19.4 Å². The Morgan fingerprint density at radius 3 is 2.57 bits per heavy atom. The van der Waals surface area contributed by atoms with Crippen molar-refractivity contribution in [1.29, 1.82) is 0 Å². The van der Waals surface area contributed by atoms with Crippen LogP contribution in [0.3, 0.4) is 0 Å². The van der Waals surface area contributed by atoms with Gasteiger partial charge in [0.2, 0.25) is 0 Å². The second-order valence-electron chi connectivity index (χ2n) is 4.52. The van der Waals surface area contributed by atoms with Gasteiger partial charge in [-0.05, 0) is 43.6 Å². The van der Waals surface area contributed by atoms with Gasteiger partial charge in [-0.2, -0.15) is 11.8 Å². The summed E-state index contributed by atoms with van der Waals surface area (Å²) in [7, 11) is 0. The third-order valence-corrected chi connectivity index (χ3v) is 3.97. The summed E-state index contributed by atoms with van der Waals surface area (Å²) in [5.41, 5.74) is 0. The van der Waals surface area contributed by atoms with Crippen molar-refractivity contribution in [1.82, 2.24) is 5.32 Å². The number of amides is 1. The molecule has 1 unspecified atom stereocenters. The second kappa shape index (κ2) is 11.4. The van der Waals surface area contributed by atoms with E-state index in [4.69, 9.17) is 33.0 Å². The summed E-state index contributed by atoms with van der Waals surface area (Å²) in [6.45, 7) is 1.52. The maximum absolute atomic E-state index is 12.0. The van der Waals surface area contributed by atoms with Gasteiger partial charge in [-0.1, -0.05) is 23.2 Å². The third-order valence-electron chi connectivity index (χ3n) is 2.79. The summed E-state index contributed by atoms with van der Waals surface area (Å²) < 4.78 is 5.45. The maximum atomic E-state index is 12.0. The van der Waals surface area contributed by atoms with Crippen LogP contribution in [-0.2, 0) is 9.59 Å². The molecular weight excluding hydrogens is 372 g/mol. The Labute approximate surface area is 171 Å². The van der Waals surface area contributed by atoms with Crippen LogP contribution in [0.25, 0.3) is 0 Å². The van der Waals surface area contributed by atoms with E-state index in [1.807, 2.05) is 6.26 Å². The molecule has 0 radical (unpaired) electrons. The van der Waals surface area contributed by atoms with Crippen molar-refractivity contribution in [2.45, 2.75) is 25.5 Å². The van der Waals surface area contributed by atoms with Crippen molar-refractivity contribution in [3.63, 3.8) is 0 Å². The van der Waals surface area contributed by atoms with Crippen LogP contribution in [-0.4, -0.2) is 70.7 Å². The molecule has 2 N–H and O–H groups in total.